The molecule has 0 fully saturated rings. The van der Waals surface area contributed by atoms with Gasteiger partial charge in [0.1, 0.15) is 0 Å². The highest BCUT2D eigenvalue weighted by molar-refractivity contribution is 7.19. The Morgan fingerprint density at radius 3 is 2.42 bits per heavy atom. The van der Waals surface area contributed by atoms with E-state index in [1.165, 1.54) is 26.1 Å². The topological polar surface area (TPSA) is 12.0 Å². The van der Waals surface area contributed by atoms with E-state index in [1.807, 2.05) is 18.4 Å². The molecule has 1 aromatic heterocycles. The molecule has 0 spiro atoms. The van der Waals surface area contributed by atoms with Crippen molar-refractivity contribution in [1.82, 2.24) is 5.32 Å². The summed E-state index contributed by atoms with van der Waals surface area (Å²) in [6.45, 7) is 2.12. The van der Waals surface area contributed by atoms with Crippen molar-refractivity contribution in [1.29, 1.82) is 0 Å². The first-order valence-corrected chi connectivity index (χ1v) is 7.32. The summed E-state index contributed by atoms with van der Waals surface area (Å²) in [5.74, 6) is 0. The molecule has 0 aliphatic carbocycles. The number of thiophene rings is 1. The Morgan fingerprint density at radius 2 is 1.74 bits per heavy atom. The van der Waals surface area contributed by atoms with Crippen LogP contribution < -0.4 is 5.32 Å². The van der Waals surface area contributed by atoms with Crippen LogP contribution in [0, 0.1) is 6.92 Å². The molecule has 2 heteroatoms. The van der Waals surface area contributed by atoms with Crippen LogP contribution >= 0.6 is 11.3 Å². The SMILES string of the molecule is CNC(c1ccc(C)cc1)c1cc2ccccc2s1. The summed E-state index contributed by atoms with van der Waals surface area (Å²) < 4.78 is 1.35. The molecule has 2 aromatic carbocycles. The van der Waals surface area contributed by atoms with Crippen molar-refractivity contribution in [2.75, 3.05) is 7.05 Å². The standard InChI is InChI=1S/C17H17NS/c1-12-7-9-13(10-8-12)17(18-2)16-11-14-5-3-4-6-15(14)19-16/h3-11,17-18H,1-2H3. The number of hydrogen-bond acceptors (Lipinski definition) is 2. The van der Waals surface area contributed by atoms with Gasteiger partial charge in [-0.25, -0.2) is 0 Å². The Bertz CT molecular complexity index is 649. The Morgan fingerprint density at radius 1 is 1.00 bits per heavy atom. The lowest BCUT2D eigenvalue weighted by Gasteiger charge is -2.15. The first-order valence-electron chi connectivity index (χ1n) is 6.50. The van der Waals surface area contributed by atoms with E-state index >= 15 is 0 Å². The summed E-state index contributed by atoms with van der Waals surface area (Å²) in [7, 11) is 2.02. The van der Waals surface area contributed by atoms with E-state index in [4.69, 9.17) is 0 Å². The van der Waals surface area contributed by atoms with Crippen LogP contribution in [-0.2, 0) is 0 Å². The van der Waals surface area contributed by atoms with Crippen molar-refractivity contribution in [2.45, 2.75) is 13.0 Å². The molecular formula is C17H17NS. The Kier molecular flexibility index (Phi) is 3.36. The molecular weight excluding hydrogens is 250 g/mol. The summed E-state index contributed by atoms with van der Waals surface area (Å²) in [6, 6.07) is 19.9. The zero-order chi connectivity index (χ0) is 13.2. The third-order valence-electron chi connectivity index (χ3n) is 3.43. The third-order valence-corrected chi connectivity index (χ3v) is 4.61. The number of nitrogens with one attached hydrogen (secondary N) is 1. The maximum absolute atomic E-state index is 3.43. The van der Waals surface area contributed by atoms with Gasteiger partial charge in [-0.2, -0.15) is 0 Å². The van der Waals surface area contributed by atoms with Crippen LogP contribution in [0.15, 0.2) is 54.6 Å². The van der Waals surface area contributed by atoms with Crippen LogP contribution in [-0.4, -0.2) is 7.05 Å². The van der Waals surface area contributed by atoms with Crippen molar-refractivity contribution < 1.29 is 0 Å². The van der Waals surface area contributed by atoms with Gasteiger partial charge in [-0.1, -0.05) is 48.0 Å². The molecule has 1 atom stereocenters. The maximum Gasteiger partial charge on any atom is 0.0669 e. The Balaban J connectivity index is 2.04. The number of benzene rings is 2. The quantitative estimate of drug-likeness (QED) is 0.735. The monoisotopic (exact) mass is 267 g/mol. The molecule has 19 heavy (non-hydrogen) atoms. The first-order chi connectivity index (χ1) is 9.28. The van der Waals surface area contributed by atoms with Gasteiger partial charge in [-0.15, -0.1) is 11.3 Å². The van der Waals surface area contributed by atoms with E-state index in [1.54, 1.807) is 0 Å². The predicted octanol–water partition coefficient (Wildman–Crippen LogP) is 4.52. The summed E-state index contributed by atoms with van der Waals surface area (Å²) in [5.41, 5.74) is 2.62. The lowest BCUT2D eigenvalue weighted by Crippen LogP contribution is -2.16. The molecule has 96 valence electrons. The zero-order valence-corrected chi connectivity index (χ0v) is 12.0. The number of rotatable bonds is 3. The van der Waals surface area contributed by atoms with Crippen LogP contribution in [0.2, 0.25) is 0 Å². The first kappa shape index (κ1) is 12.4. The van der Waals surface area contributed by atoms with Gasteiger partial charge in [-0.3, -0.25) is 0 Å². The average molecular weight is 267 g/mol. The fourth-order valence-electron chi connectivity index (χ4n) is 2.38. The largest absolute Gasteiger partial charge is 0.309 e. The summed E-state index contributed by atoms with van der Waals surface area (Å²) in [6.07, 6.45) is 0. The molecule has 1 N–H and O–H groups in total. The van der Waals surface area contributed by atoms with Gasteiger partial charge in [0.05, 0.1) is 6.04 Å². The lowest BCUT2D eigenvalue weighted by molar-refractivity contribution is 0.704. The second-order valence-electron chi connectivity index (χ2n) is 4.82. The fraction of sp³-hybridized carbons (Fsp3) is 0.176. The van der Waals surface area contributed by atoms with Crippen LogP contribution in [0.3, 0.4) is 0 Å². The van der Waals surface area contributed by atoms with E-state index in [0.717, 1.165) is 0 Å². The molecule has 0 saturated heterocycles. The van der Waals surface area contributed by atoms with E-state index in [-0.39, 0.29) is 6.04 Å². The fourth-order valence-corrected chi connectivity index (χ4v) is 3.58. The molecule has 0 radical (unpaired) electrons. The summed E-state index contributed by atoms with van der Waals surface area (Å²) in [4.78, 5) is 1.37. The third kappa shape index (κ3) is 2.42. The van der Waals surface area contributed by atoms with Gasteiger partial charge in [0.25, 0.3) is 0 Å². The number of aryl methyl sites for hydroxylation is 1. The number of hydrogen-bond donors (Lipinski definition) is 1. The molecule has 0 aliphatic rings. The van der Waals surface area contributed by atoms with Gasteiger partial charge in [0.2, 0.25) is 0 Å². The Hall–Kier alpha value is -1.64. The van der Waals surface area contributed by atoms with E-state index in [9.17, 15) is 0 Å². The second kappa shape index (κ2) is 5.16. The highest BCUT2D eigenvalue weighted by atomic mass is 32.1. The molecule has 0 saturated carbocycles. The lowest BCUT2D eigenvalue weighted by atomic mass is 10.0. The van der Waals surface area contributed by atoms with Crippen molar-refractivity contribution in [3.63, 3.8) is 0 Å². The molecule has 1 nitrogen and oxygen atoms in total. The van der Waals surface area contributed by atoms with Crippen LogP contribution in [0.1, 0.15) is 22.0 Å². The minimum Gasteiger partial charge on any atom is -0.309 e. The zero-order valence-electron chi connectivity index (χ0n) is 11.2. The van der Waals surface area contributed by atoms with Gasteiger partial charge in [-0.05, 0) is 37.1 Å². The summed E-state index contributed by atoms with van der Waals surface area (Å²) in [5, 5.41) is 4.75. The highest BCUT2D eigenvalue weighted by Gasteiger charge is 2.14. The van der Waals surface area contributed by atoms with Gasteiger partial charge in [0, 0.05) is 9.58 Å². The molecule has 0 bridgehead atoms. The Labute approximate surface area is 117 Å². The van der Waals surface area contributed by atoms with Gasteiger partial charge in [0.15, 0.2) is 0 Å². The van der Waals surface area contributed by atoms with Gasteiger partial charge >= 0.3 is 0 Å². The number of fused-ring (bicyclic) bond motifs is 1. The van der Waals surface area contributed by atoms with Crippen LogP contribution in [0.25, 0.3) is 10.1 Å². The molecule has 0 aliphatic heterocycles. The van der Waals surface area contributed by atoms with Crippen molar-refractivity contribution >= 4 is 21.4 Å². The second-order valence-corrected chi connectivity index (χ2v) is 5.93. The molecule has 0 amide bonds. The van der Waals surface area contributed by atoms with Crippen LogP contribution in [0.5, 0.6) is 0 Å². The molecule has 1 heterocycles. The molecule has 3 rings (SSSR count). The van der Waals surface area contributed by atoms with E-state index < -0.39 is 0 Å². The average Bonchev–Trinajstić information content (AvgIpc) is 2.85. The van der Waals surface area contributed by atoms with E-state index in [2.05, 4.69) is 66.8 Å². The highest BCUT2D eigenvalue weighted by Crippen LogP contribution is 2.32. The maximum atomic E-state index is 3.43. The minimum atomic E-state index is 0.276. The smallest absolute Gasteiger partial charge is 0.0669 e. The van der Waals surface area contributed by atoms with Crippen molar-refractivity contribution in [3.8, 4) is 0 Å². The van der Waals surface area contributed by atoms with Crippen molar-refractivity contribution in [2.24, 2.45) is 0 Å². The minimum absolute atomic E-state index is 0.276. The van der Waals surface area contributed by atoms with E-state index in [0.29, 0.717) is 0 Å². The van der Waals surface area contributed by atoms with Crippen LogP contribution in [0.4, 0.5) is 0 Å². The van der Waals surface area contributed by atoms with Crippen molar-refractivity contribution in [3.05, 3.63) is 70.6 Å². The predicted molar refractivity (Wildman–Crippen MR) is 83.9 cm³/mol. The summed E-state index contributed by atoms with van der Waals surface area (Å²) >= 11 is 1.87. The molecule has 3 aromatic rings. The molecule has 1 unspecified atom stereocenters. The van der Waals surface area contributed by atoms with Gasteiger partial charge < -0.3 is 5.32 Å². The normalized spacial score (nSPS) is 12.7.